The minimum atomic E-state index is -0.959. The maximum absolute atomic E-state index is 11.1. The highest BCUT2D eigenvalue weighted by molar-refractivity contribution is 5.90. The second-order valence-corrected chi connectivity index (χ2v) is 5.00. The molecule has 1 fully saturated rings. The Labute approximate surface area is 107 Å². The molecule has 0 radical (unpaired) electrons. The highest BCUT2D eigenvalue weighted by atomic mass is 16.5. The number of benzene rings is 1. The molecule has 0 heterocycles. The number of carbonyl (C=O) groups is 1. The molecule has 0 atom stereocenters. The molecule has 1 aromatic rings. The van der Waals surface area contributed by atoms with Gasteiger partial charge >= 0.3 is 5.97 Å². The van der Waals surface area contributed by atoms with Crippen molar-refractivity contribution >= 4 is 5.97 Å². The highest BCUT2D eigenvalue weighted by Gasteiger charge is 2.33. The number of nitrogens with two attached hydrogens (primary N) is 1. The zero-order valence-corrected chi connectivity index (χ0v) is 10.4. The number of carboxylic acid groups (broad SMARTS) is 1. The van der Waals surface area contributed by atoms with E-state index in [-0.39, 0.29) is 11.0 Å². The molecule has 4 heteroatoms. The molecule has 0 aliphatic heterocycles. The topological polar surface area (TPSA) is 72.5 Å². The summed E-state index contributed by atoms with van der Waals surface area (Å²) in [5, 5.41) is 9.07. The van der Waals surface area contributed by atoms with Crippen molar-refractivity contribution in [3.63, 3.8) is 0 Å². The van der Waals surface area contributed by atoms with Crippen molar-refractivity contribution in [2.45, 2.75) is 25.7 Å². The van der Waals surface area contributed by atoms with Crippen molar-refractivity contribution < 1.29 is 14.6 Å². The Bertz CT molecular complexity index is 425. The fraction of sp³-hybridized carbons (Fsp3) is 0.500. The molecule has 1 saturated carbocycles. The lowest BCUT2D eigenvalue weighted by Gasteiger charge is -2.27. The van der Waals surface area contributed by atoms with E-state index in [9.17, 15) is 4.79 Å². The first-order valence-corrected chi connectivity index (χ1v) is 6.32. The largest absolute Gasteiger partial charge is 0.492 e. The van der Waals surface area contributed by atoms with Crippen molar-refractivity contribution in [2.24, 2.45) is 11.1 Å². The van der Waals surface area contributed by atoms with E-state index < -0.39 is 5.97 Å². The Balaban J connectivity index is 2.08. The smallest absolute Gasteiger partial charge is 0.339 e. The lowest BCUT2D eigenvalue weighted by Crippen LogP contribution is -2.33. The van der Waals surface area contributed by atoms with Crippen LogP contribution in [0.2, 0.25) is 0 Å². The summed E-state index contributed by atoms with van der Waals surface area (Å²) in [6, 6.07) is 6.74. The van der Waals surface area contributed by atoms with E-state index in [0.29, 0.717) is 18.9 Å². The molecule has 4 nitrogen and oxygen atoms in total. The summed E-state index contributed by atoms with van der Waals surface area (Å²) in [6.07, 6.45) is 4.50. The molecule has 98 valence electrons. The van der Waals surface area contributed by atoms with Crippen molar-refractivity contribution in [1.82, 2.24) is 0 Å². The Hall–Kier alpha value is -1.55. The summed E-state index contributed by atoms with van der Waals surface area (Å²) in [7, 11) is 0. The van der Waals surface area contributed by atoms with Gasteiger partial charge in [0, 0.05) is 12.0 Å². The van der Waals surface area contributed by atoms with Crippen LogP contribution >= 0.6 is 0 Å². The van der Waals surface area contributed by atoms with Gasteiger partial charge in [-0.05, 0) is 25.0 Å². The number of hydrogen-bond donors (Lipinski definition) is 2. The summed E-state index contributed by atoms with van der Waals surface area (Å²) < 4.78 is 5.72. The number of para-hydroxylation sites is 1. The molecule has 0 saturated heterocycles. The third kappa shape index (κ3) is 2.64. The van der Waals surface area contributed by atoms with E-state index in [1.807, 2.05) is 0 Å². The zero-order valence-electron chi connectivity index (χ0n) is 10.4. The van der Waals surface area contributed by atoms with Crippen molar-refractivity contribution in [1.29, 1.82) is 0 Å². The fourth-order valence-electron chi connectivity index (χ4n) is 2.53. The molecular formula is C14H19NO3. The van der Waals surface area contributed by atoms with E-state index in [0.717, 1.165) is 12.8 Å². The fourth-order valence-corrected chi connectivity index (χ4v) is 2.53. The molecule has 0 bridgehead atoms. The number of hydrogen-bond acceptors (Lipinski definition) is 3. The van der Waals surface area contributed by atoms with Crippen LogP contribution in [0, 0.1) is 5.41 Å². The Morgan fingerprint density at radius 3 is 2.61 bits per heavy atom. The predicted octanol–water partition coefficient (Wildman–Crippen LogP) is 2.28. The Kier molecular flexibility index (Phi) is 3.87. The molecule has 1 aliphatic rings. The Morgan fingerprint density at radius 2 is 2.00 bits per heavy atom. The van der Waals surface area contributed by atoms with Gasteiger partial charge in [-0.1, -0.05) is 25.0 Å². The third-order valence-electron chi connectivity index (χ3n) is 3.75. The van der Waals surface area contributed by atoms with Gasteiger partial charge in [-0.3, -0.25) is 0 Å². The molecule has 0 unspecified atom stereocenters. The SMILES string of the molecule is NCC1(COc2ccccc2C(=O)O)CCCC1. The van der Waals surface area contributed by atoms with Crippen LogP contribution in [0.25, 0.3) is 0 Å². The monoisotopic (exact) mass is 249 g/mol. The average molecular weight is 249 g/mol. The molecule has 1 aliphatic carbocycles. The summed E-state index contributed by atoms with van der Waals surface area (Å²) in [4.78, 5) is 11.1. The maximum Gasteiger partial charge on any atom is 0.339 e. The van der Waals surface area contributed by atoms with E-state index in [2.05, 4.69) is 0 Å². The van der Waals surface area contributed by atoms with Crippen LogP contribution in [-0.2, 0) is 0 Å². The van der Waals surface area contributed by atoms with Crippen LogP contribution in [0.1, 0.15) is 36.0 Å². The summed E-state index contributed by atoms with van der Waals surface area (Å²) >= 11 is 0. The van der Waals surface area contributed by atoms with E-state index >= 15 is 0 Å². The van der Waals surface area contributed by atoms with Gasteiger partial charge in [-0.25, -0.2) is 4.79 Å². The van der Waals surface area contributed by atoms with Gasteiger partial charge in [0.25, 0.3) is 0 Å². The standard InChI is InChI=1S/C14H19NO3/c15-9-14(7-3-4-8-14)10-18-12-6-2-1-5-11(12)13(16)17/h1-2,5-6H,3-4,7-10,15H2,(H,16,17). The number of ether oxygens (including phenoxy) is 1. The van der Waals surface area contributed by atoms with E-state index in [4.69, 9.17) is 15.6 Å². The van der Waals surface area contributed by atoms with Crippen LogP contribution < -0.4 is 10.5 Å². The molecule has 0 aromatic heterocycles. The summed E-state index contributed by atoms with van der Waals surface area (Å²) in [6.45, 7) is 1.11. The predicted molar refractivity (Wildman–Crippen MR) is 68.9 cm³/mol. The minimum Gasteiger partial charge on any atom is -0.492 e. The quantitative estimate of drug-likeness (QED) is 0.839. The number of rotatable bonds is 5. The average Bonchev–Trinajstić information content (AvgIpc) is 2.86. The van der Waals surface area contributed by atoms with Crippen LogP contribution in [-0.4, -0.2) is 24.2 Å². The zero-order chi connectivity index (χ0) is 13.0. The summed E-state index contributed by atoms with van der Waals surface area (Å²) in [5.41, 5.74) is 6.08. The molecular weight excluding hydrogens is 230 g/mol. The molecule has 18 heavy (non-hydrogen) atoms. The van der Waals surface area contributed by atoms with E-state index in [1.54, 1.807) is 24.3 Å². The number of carboxylic acids is 1. The van der Waals surface area contributed by atoms with Crippen molar-refractivity contribution in [2.75, 3.05) is 13.2 Å². The van der Waals surface area contributed by atoms with Gasteiger partial charge in [0.2, 0.25) is 0 Å². The number of aromatic carboxylic acids is 1. The van der Waals surface area contributed by atoms with Crippen molar-refractivity contribution in [3.05, 3.63) is 29.8 Å². The second-order valence-electron chi connectivity index (χ2n) is 5.00. The molecule has 3 N–H and O–H groups in total. The van der Waals surface area contributed by atoms with Crippen LogP contribution in [0.15, 0.2) is 24.3 Å². The second kappa shape index (κ2) is 5.40. The van der Waals surface area contributed by atoms with Gasteiger partial charge in [0.15, 0.2) is 0 Å². The first-order valence-electron chi connectivity index (χ1n) is 6.32. The van der Waals surface area contributed by atoms with Gasteiger partial charge in [-0.15, -0.1) is 0 Å². The van der Waals surface area contributed by atoms with Crippen LogP contribution in [0.4, 0.5) is 0 Å². The maximum atomic E-state index is 11.1. The molecule has 0 spiro atoms. The first-order chi connectivity index (χ1) is 8.67. The molecule has 1 aromatic carbocycles. The van der Waals surface area contributed by atoms with Crippen LogP contribution in [0.5, 0.6) is 5.75 Å². The lowest BCUT2D eigenvalue weighted by atomic mass is 9.87. The normalized spacial score (nSPS) is 17.6. The van der Waals surface area contributed by atoms with Crippen molar-refractivity contribution in [3.8, 4) is 5.75 Å². The molecule has 2 rings (SSSR count). The van der Waals surface area contributed by atoms with Gasteiger partial charge in [-0.2, -0.15) is 0 Å². The van der Waals surface area contributed by atoms with Gasteiger partial charge in [0.1, 0.15) is 11.3 Å². The summed E-state index contributed by atoms with van der Waals surface area (Å²) in [5.74, 6) is -0.524. The van der Waals surface area contributed by atoms with Crippen LogP contribution in [0.3, 0.4) is 0 Å². The third-order valence-corrected chi connectivity index (χ3v) is 3.75. The first kappa shape index (κ1) is 12.9. The molecule has 0 amide bonds. The lowest BCUT2D eigenvalue weighted by molar-refractivity contribution is 0.0688. The van der Waals surface area contributed by atoms with E-state index in [1.165, 1.54) is 12.8 Å². The van der Waals surface area contributed by atoms with Gasteiger partial charge < -0.3 is 15.6 Å². The Morgan fingerprint density at radius 1 is 1.33 bits per heavy atom. The van der Waals surface area contributed by atoms with Gasteiger partial charge in [0.05, 0.1) is 6.61 Å². The minimum absolute atomic E-state index is 0.0333. The highest BCUT2D eigenvalue weighted by Crippen LogP contribution is 2.37.